The highest BCUT2D eigenvalue weighted by atomic mass is 16.5. The zero-order valence-electron chi connectivity index (χ0n) is 4.66. The fourth-order valence-electron chi connectivity index (χ4n) is 0.609. The molecule has 0 spiro atoms. The van der Waals surface area contributed by atoms with Crippen LogP contribution < -0.4 is 0 Å². The summed E-state index contributed by atoms with van der Waals surface area (Å²) in [7, 11) is 0. The fourth-order valence-corrected chi connectivity index (χ4v) is 0.609. The number of aliphatic hydroxyl groups excluding tert-OH is 1. The number of aliphatic hydroxyl groups is 1. The maximum absolute atomic E-state index is 10.4. The molecule has 1 unspecified atom stereocenters. The van der Waals surface area contributed by atoms with Gasteiger partial charge in [-0.2, -0.15) is 0 Å². The van der Waals surface area contributed by atoms with Crippen LogP contribution in [0.4, 0.5) is 0 Å². The second-order valence-corrected chi connectivity index (χ2v) is 1.88. The minimum Gasteiger partial charge on any atom is -0.457 e. The van der Waals surface area contributed by atoms with E-state index in [0.29, 0.717) is 0 Å². The lowest BCUT2D eigenvalue weighted by atomic mass is 10.1. The predicted octanol–water partition coefficient (Wildman–Crippen LogP) is -1.14. The van der Waals surface area contributed by atoms with Gasteiger partial charge in [-0.15, -0.1) is 0 Å². The van der Waals surface area contributed by atoms with Gasteiger partial charge < -0.3 is 9.84 Å². The average molecular weight is 130 g/mol. The summed E-state index contributed by atoms with van der Waals surface area (Å²) in [5.74, 6) is -1.48. The van der Waals surface area contributed by atoms with E-state index in [9.17, 15) is 9.59 Å². The molecular weight excluding hydrogens is 124 g/mol. The molecule has 0 amide bonds. The second kappa shape index (κ2) is 2.14. The Morgan fingerprint density at radius 2 is 2.22 bits per heavy atom. The van der Waals surface area contributed by atoms with E-state index in [1.165, 1.54) is 0 Å². The summed E-state index contributed by atoms with van der Waals surface area (Å²) in [5, 5.41) is 8.70. The third-order valence-corrected chi connectivity index (χ3v) is 1.06. The molecule has 0 aromatic carbocycles. The summed E-state index contributed by atoms with van der Waals surface area (Å²) >= 11 is 0. The van der Waals surface area contributed by atoms with Gasteiger partial charge in [-0.3, -0.25) is 4.79 Å². The molecule has 0 aromatic heterocycles. The topological polar surface area (TPSA) is 63.6 Å². The van der Waals surface area contributed by atoms with Crippen LogP contribution in [-0.4, -0.2) is 29.6 Å². The third kappa shape index (κ3) is 1.26. The Kier molecular flexibility index (Phi) is 1.48. The number of cyclic esters (lactones) is 1. The van der Waals surface area contributed by atoms with Crippen LogP contribution in [0.3, 0.4) is 0 Å². The van der Waals surface area contributed by atoms with Crippen molar-refractivity contribution in [3.05, 3.63) is 0 Å². The normalized spacial score (nSPS) is 27.9. The quantitative estimate of drug-likeness (QED) is 0.332. The molecule has 9 heavy (non-hydrogen) atoms. The van der Waals surface area contributed by atoms with Crippen LogP contribution in [0.1, 0.15) is 6.42 Å². The Bertz CT molecular complexity index is 151. The van der Waals surface area contributed by atoms with Crippen LogP contribution in [-0.2, 0) is 14.3 Å². The largest absolute Gasteiger partial charge is 0.457 e. The van der Waals surface area contributed by atoms with Gasteiger partial charge in [0, 0.05) is 6.42 Å². The standard InChI is InChI=1S/C5H6O4/c6-3-1-4(7)5(8)9-2-3/h3,6H,1-2H2. The van der Waals surface area contributed by atoms with Gasteiger partial charge in [0.15, 0.2) is 0 Å². The van der Waals surface area contributed by atoms with Crippen molar-refractivity contribution in [1.82, 2.24) is 0 Å². The zero-order chi connectivity index (χ0) is 6.85. The van der Waals surface area contributed by atoms with E-state index >= 15 is 0 Å². The molecule has 50 valence electrons. The molecule has 1 heterocycles. The van der Waals surface area contributed by atoms with Gasteiger partial charge >= 0.3 is 5.97 Å². The van der Waals surface area contributed by atoms with E-state index in [2.05, 4.69) is 4.74 Å². The first-order valence-electron chi connectivity index (χ1n) is 2.58. The van der Waals surface area contributed by atoms with Crippen molar-refractivity contribution in [3.8, 4) is 0 Å². The summed E-state index contributed by atoms with van der Waals surface area (Å²) in [5.41, 5.74) is 0. The highest BCUT2D eigenvalue weighted by molar-refractivity contribution is 6.34. The molecule has 0 aromatic rings. The molecule has 0 saturated carbocycles. The maximum atomic E-state index is 10.4. The first-order chi connectivity index (χ1) is 4.20. The lowest BCUT2D eigenvalue weighted by Crippen LogP contribution is -2.33. The monoisotopic (exact) mass is 130 g/mol. The van der Waals surface area contributed by atoms with Crippen LogP contribution in [0, 0.1) is 0 Å². The molecule has 1 fully saturated rings. The molecule has 1 saturated heterocycles. The number of Topliss-reactive ketones (excluding diaryl/α,β-unsaturated/α-hetero) is 1. The Labute approximate surface area is 51.4 Å². The van der Waals surface area contributed by atoms with E-state index in [4.69, 9.17) is 5.11 Å². The SMILES string of the molecule is O=C1CC(O)COC1=O. The number of rotatable bonds is 0. The molecular formula is C5H6O4. The number of ether oxygens (including phenoxy) is 1. The van der Waals surface area contributed by atoms with Gasteiger partial charge in [0.05, 0.1) is 6.10 Å². The third-order valence-electron chi connectivity index (χ3n) is 1.06. The molecule has 0 radical (unpaired) electrons. The number of ketones is 1. The molecule has 0 bridgehead atoms. The Hall–Kier alpha value is -0.900. The summed E-state index contributed by atoms with van der Waals surface area (Å²) in [6.45, 7) is -0.0510. The number of hydrogen-bond acceptors (Lipinski definition) is 4. The molecule has 1 aliphatic heterocycles. The molecule has 1 rings (SSSR count). The Morgan fingerprint density at radius 1 is 1.56 bits per heavy atom. The predicted molar refractivity (Wildman–Crippen MR) is 26.6 cm³/mol. The van der Waals surface area contributed by atoms with E-state index in [1.807, 2.05) is 0 Å². The summed E-state index contributed by atoms with van der Waals surface area (Å²) in [4.78, 5) is 20.6. The average Bonchev–Trinajstić information content (AvgIpc) is 1.80. The Morgan fingerprint density at radius 3 is 2.67 bits per heavy atom. The van der Waals surface area contributed by atoms with Gasteiger partial charge in [0.25, 0.3) is 0 Å². The smallest absolute Gasteiger partial charge is 0.374 e. The molecule has 1 aliphatic rings. The van der Waals surface area contributed by atoms with Crippen LogP contribution in [0.2, 0.25) is 0 Å². The van der Waals surface area contributed by atoms with Gasteiger partial charge in [-0.25, -0.2) is 4.79 Å². The van der Waals surface area contributed by atoms with Gasteiger partial charge in [-0.1, -0.05) is 0 Å². The molecule has 1 atom stereocenters. The summed E-state index contributed by atoms with van der Waals surface area (Å²) < 4.78 is 4.26. The molecule has 4 nitrogen and oxygen atoms in total. The number of carbonyl (C=O) groups excluding carboxylic acids is 2. The van der Waals surface area contributed by atoms with Crippen molar-refractivity contribution in [2.24, 2.45) is 0 Å². The summed E-state index contributed by atoms with van der Waals surface area (Å²) in [6, 6.07) is 0. The van der Waals surface area contributed by atoms with Crippen molar-refractivity contribution >= 4 is 11.8 Å². The van der Waals surface area contributed by atoms with E-state index in [-0.39, 0.29) is 13.0 Å². The fraction of sp³-hybridized carbons (Fsp3) is 0.600. The first-order valence-corrected chi connectivity index (χ1v) is 2.58. The second-order valence-electron chi connectivity index (χ2n) is 1.88. The van der Waals surface area contributed by atoms with Crippen LogP contribution in [0.5, 0.6) is 0 Å². The van der Waals surface area contributed by atoms with Crippen molar-refractivity contribution in [3.63, 3.8) is 0 Å². The van der Waals surface area contributed by atoms with Gasteiger partial charge in [-0.05, 0) is 0 Å². The summed E-state index contributed by atoms with van der Waals surface area (Å²) in [6.07, 6.45) is -0.894. The van der Waals surface area contributed by atoms with Gasteiger partial charge in [0.1, 0.15) is 6.61 Å². The number of esters is 1. The van der Waals surface area contributed by atoms with E-state index in [1.54, 1.807) is 0 Å². The lowest BCUT2D eigenvalue weighted by molar-refractivity contribution is -0.162. The van der Waals surface area contributed by atoms with E-state index < -0.39 is 17.9 Å². The van der Waals surface area contributed by atoms with Gasteiger partial charge in [0.2, 0.25) is 5.78 Å². The lowest BCUT2D eigenvalue weighted by Gasteiger charge is -2.14. The first kappa shape index (κ1) is 6.22. The molecule has 1 N–H and O–H groups in total. The molecule has 4 heteroatoms. The van der Waals surface area contributed by atoms with E-state index in [0.717, 1.165) is 0 Å². The van der Waals surface area contributed by atoms with Crippen LogP contribution in [0.25, 0.3) is 0 Å². The molecule has 0 aliphatic carbocycles. The number of hydrogen-bond donors (Lipinski definition) is 1. The van der Waals surface area contributed by atoms with Crippen molar-refractivity contribution in [1.29, 1.82) is 0 Å². The van der Waals surface area contributed by atoms with Crippen molar-refractivity contribution in [2.45, 2.75) is 12.5 Å². The van der Waals surface area contributed by atoms with Crippen molar-refractivity contribution < 1.29 is 19.4 Å². The Balaban J connectivity index is 2.54. The van der Waals surface area contributed by atoms with Crippen LogP contribution >= 0.6 is 0 Å². The maximum Gasteiger partial charge on any atom is 0.374 e. The van der Waals surface area contributed by atoms with Crippen LogP contribution in [0.15, 0.2) is 0 Å². The number of carbonyl (C=O) groups is 2. The van der Waals surface area contributed by atoms with Crippen molar-refractivity contribution in [2.75, 3.05) is 6.61 Å². The minimum atomic E-state index is -0.833. The minimum absolute atomic E-state index is 0.0510. The zero-order valence-corrected chi connectivity index (χ0v) is 4.66. The highest BCUT2D eigenvalue weighted by Crippen LogP contribution is 2.02. The highest BCUT2D eigenvalue weighted by Gasteiger charge is 2.25.